The predicted molar refractivity (Wildman–Crippen MR) is 107 cm³/mol. The van der Waals surface area contributed by atoms with Crippen LogP contribution in [-0.4, -0.2) is 34.2 Å². The second kappa shape index (κ2) is 7.08. The topological polar surface area (TPSA) is 82.5 Å². The number of nitrogens with zero attached hydrogens (tertiary/aromatic N) is 4. The lowest BCUT2D eigenvalue weighted by molar-refractivity contribution is -0.114. The summed E-state index contributed by atoms with van der Waals surface area (Å²) in [5.74, 6) is 0.868. The van der Waals surface area contributed by atoms with E-state index in [1.54, 1.807) is 0 Å². The molecule has 1 aromatic carbocycles. The van der Waals surface area contributed by atoms with Crippen molar-refractivity contribution in [2.24, 2.45) is 5.10 Å². The highest BCUT2D eigenvalue weighted by atomic mass is 16.1. The highest BCUT2D eigenvalue weighted by molar-refractivity contribution is 5.89. The van der Waals surface area contributed by atoms with Crippen LogP contribution in [0, 0.1) is 0 Å². The number of benzene rings is 1. The third-order valence-electron chi connectivity index (χ3n) is 4.93. The third-order valence-corrected chi connectivity index (χ3v) is 4.93. The Morgan fingerprint density at radius 3 is 2.93 bits per heavy atom. The fourth-order valence-corrected chi connectivity index (χ4v) is 3.77. The van der Waals surface area contributed by atoms with Crippen LogP contribution in [0.25, 0.3) is 11.3 Å². The van der Waals surface area contributed by atoms with Gasteiger partial charge in [0, 0.05) is 37.2 Å². The fraction of sp³-hybridized carbons (Fsp3) is 0.400. The van der Waals surface area contributed by atoms with Gasteiger partial charge in [0.05, 0.1) is 11.7 Å². The molecule has 1 atom stereocenters. The third kappa shape index (κ3) is 3.55. The molecule has 0 radical (unpaired) electrons. The lowest BCUT2D eigenvalue weighted by Gasteiger charge is -2.22. The predicted octanol–water partition coefficient (Wildman–Crippen LogP) is 2.72. The van der Waals surface area contributed by atoms with Crippen molar-refractivity contribution in [2.75, 3.05) is 16.9 Å². The summed E-state index contributed by atoms with van der Waals surface area (Å²) in [4.78, 5) is 21.0. The van der Waals surface area contributed by atoms with Crippen molar-refractivity contribution in [2.45, 2.75) is 46.2 Å². The van der Waals surface area contributed by atoms with Gasteiger partial charge in [0.2, 0.25) is 11.9 Å². The smallest absolute Gasteiger partial charge is 0.249 e. The van der Waals surface area contributed by atoms with Gasteiger partial charge in [-0.2, -0.15) is 10.1 Å². The molecule has 0 saturated heterocycles. The van der Waals surface area contributed by atoms with Gasteiger partial charge in [-0.3, -0.25) is 4.79 Å². The molecule has 1 amide bonds. The van der Waals surface area contributed by atoms with E-state index in [9.17, 15) is 4.79 Å². The van der Waals surface area contributed by atoms with E-state index in [0.29, 0.717) is 11.8 Å². The molecule has 2 aromatic rings. The van der Waals surface area contributed by atoms with Gasteiger partial charge in [-0.1, -0.05) is 18.2 Å². The Morgan fingerprint density at radius 2 is 2.19 bits per heavy atom. The number of nitrogens with one attached hydrogen (secondary N) is 2. The Labute approximate surface area is 158 Å². The summed E-state index contributed by atoms with van der Waals surface area (Å²) in [5.41, 5.74) is 5.57. The average Bonchev–Trinajstić information content (AvgIpc) is 2.98. The van der Waals surface area contributed by atoms with Gasteiger partial charge in [-0.15, -0.1) is 0 Å². The summed E-state index contributed by atoms with van der Waals surface area (Å²) in [5, 5.41) is 12.6. The molecule has 2 aliphatic rings. The molecule has 7 heteroatoms. The minimum absolute atomic E-state index is 0.154. The molecule has 2 N–H and O–H groups in total. The Balaban J connectivity index is 1.83. The zero-order valence-corrected chi connectivity index (χ0v) is 15.9. The van der Waals surface area contributed by atoms with Crippen molar-refractivity contribution in [3.8, 4) is 11.3 Å². The standard InChI is InChI=1S/C20H24N6O/c1-12-9-13(2)26(25-12)20-23-18(10-19(24-20)22-14(3)27)17-6-4-5-15-11-21-8-7-16(15)17/h4-6,10,13,21H,7-9,11H2,1-3H3,(H,22,23,24,27). The first-order valence-corrected chi connectivity index (χ1v) is 9.33. The van der Waals surface area contributed by atoms with Gasteiger partial charge in [-0.25, -0.2) is 9.99 Å². The van der Waals surface area contributed by atoms with Crippen LogP contribution in [0.5, 0.6) is 0 Å². The highest BCUT2D eigenvalue weighted by Crippen LogP contribution is 2.31. The van der Waals surface area contributed by atoms with E-state index in [4.69, 9.17) is 4.98 Å². The maximum Gasteiger partial charge on any atom is 0.249 e. The Morgan fingerprint density at radius 1 is 1.33 bits per heavy atom. The summed E-state index contributed by atoms with van der Waals surface area (Å²) in [6.45, 7) is 7.41. The monoisotopic (exact) mass is 364 g/mol. The lowest BCUT2D eigenvalue weighted by atomic mass is 9.93. The largest absolute Gasteiger partial charge is 0.312 e. The Hall–Kier alpha value is -2.80. The van der Waals surface area contributed by atoms with Crippen molar-refractivity contribution in [3.63, 3.8) is 0 Å². The molecule has 0 fully saturated rings. The van der Waals surface area contributed by atoms with Crippen molar-refractivity contribution < 1.29 is 4.79 Å². The summed E-state index contributed by atoms with van der Waals surface area (Å²) in [6, 6.07) is 8.34. The summed E-state index contributed by atoms with van der Waals surface area (Å²) in [7, 11) is 0. The minimum Gasteiger partial charge on any atom is -0.312 e. The number of anilines is 2. The molecule has 0 spiro atoms. The van der Waals surface area contributed by atoms with E-state index in [2.05, 4.69) is 45.8 Å². The number of carbonyl (C=O) groups is 1. The van der Waals surface area contributed by atoms with Gasteiger partial charge >= 0.3 is 0 Å². The molecule has 140 valence electrons. The SMILES string of the molecule is CC(=O)Nc1cc(-c2cccc3c2CCNC3)nc(N2N=C(C)CC2C)n1. The van der Waals surface area contributed by atoms with Crippen molar-refractivity contribution >= 4 is 23.4 Å². The molecule has 0 saturated carbocycles. The number of fused-ring (bicyclic) bond motifs is 1. The maximum atomic E-state index is 11.6. The van der Waals surface area contributed by atoms with Gasteiger partial charge in [0.15, 0.2) is 0 Å². The van der Waals surface area contributed by atoms with E-state index in [1.807, 2.05) is 18.0 Å². The zero-order chi connectivity index (χ0) is 19.0. The lowest BCUT2D eigenvalue weighted by Crippen LogP contribution is -2.26. The van der Waals surface area contributed by atoms with Crippen LogP contribution in [0.1, 0.15) is 38.3 Å². The van der Waals surface area contributed by atoms with Gasteiger partial charge in [0.1, 0.15) is 5.82 Å². The first-order valence-electron chi connectivity index (χ1n) is 9.33. The molecule has 4 rings (SSSR count). The first kappa shape index (κ1) is 17.6. The van der Waals surface area contributed by atoms with E-state index in [-0.39, 0.29) is 11.9 Å². The van der Waals surface area contributed by atoms with E-state index in [1.165, 1.54) is 18.1 Å². The number of amides is 1. The number of hydrogen-bond acceptors (Lipinski definition) is 6. The van der Waals surface area contributed by atoms with E-state index in [0.717, 1.165) is 42.9 Å². The van der Waals surface area contributed by atoms with Gasteiger partial charge in [-0.05, 0) is 37.9 Å². The molecule has 7 nitrogen and oxygen atoms in total. The van der Waals surface area contributed by atoms with Crippen molar-refractivity contribution in [1.82, 2.24) is 15.3 Å². The number of aromatic nitrogens is 2. The molecular weight excluding hydrogens is 340 g/mol. The Kier molecular flexibility index (Phi) is 4.61. The summed E-state index contributed by atoms with van der Waals surface area (Å²) in [6.07, 6.45) is 1.84. The molecular formula is C20H24N6O. The zero-order valence-electron chi connectivity index (χ0n) is 15.9. The molecule has 0 bridgehead atoms. The van der Waals surface area contributed by atoms with Crippen LogP contribution >= 0.6 is 0 Å². The van der Waals surface area contributed by atoms with Crippen LogP contribution < -0.4 is 15.6 Å². The minimum atomic E-state index is -0.154. The number of hydrogen-bond donors (Lipinski definition) is 2. The molecule has 27 heavy (non-hydrogen) atoms. The molecule has 2 aliphatic heterocycles. The van der Waals surface area contributed by atoms with Crippen LogP contribution in [0.15, 0.2) is 29.4 Å². The van der Waals surface area contributed by atoms with Gasteiger partial charge in [0.25, 0.3) is 0 Å². The molecule has 0 aliphatic carbocycles. The normalized spacial score (nSPS) is 18.9. The van der Waals surface area contributed by atoms with Crippen molar-refractivity contribution in [1.29, 1.82) is 0 Å². The van der Waals surface area contributed by atoms with Crippen molar-refractivity contribution in [3.05, 3.63) is 35.4 Å². The molecule has 1 unspecified atom stereocenters. The summed E-state index contributed by atoms with van der Waals surface area (Å²) >= 11 is 0. The summed E-state index contributed by atoms with van der Waals surface area (Å²) < 4.78 is 0. The quantitative estimate of drug-likeness (QED) is 0.875. The highest BCUT2D eigenvalue weighted by Gasteiger charge is 2.25. The van der Waals surface area contributed by atoms with Crippen LogP contribution in [0.4, 0.5) is 11.8 Å². The van der Waals surface area contributed by atoms with E-state index >= 15 is 0 Å². The number of carbonyl (C=O) groups excluding carboxylic acids is 1. The number of hydrazone groups is 1. The maximum absolute atomic E-state index is 11.6. The van der Waals surface area contributed by atoms with Gasteiger partial charge < -0.3 is 10.6 Å². The Bertz CT molecular complexity index is 923. The second-order valence-corrected chi connectivity index (χ2v) is 7.22. The second-order valence-electron chi connectivity index (χ2n) is 7.22. The van der Waals surface area contributed by atoms with Crippen LogP contribution in [0.3, 0.4) is 0 Å². The fourth-order valence-electron chi connectivity index (χ4n) is 3.77. The first-order chi connectivity index (χ1) is 13.0. The number of rotatable bonds is 3. The van der Waals surface area contributed by atoms with Crippen LogP contribution in [0.2, 0.25) is 0 Å². The van der Waals surface area contributed by atoms with Crippen LogP contribution in [-0.2, 0) is 17.8 Å². The molecule has 3 heterocycles. The van der Waals surface area contributed by atoms with E-state index < -0.39 is 0 Å². The molecule has 1 aromatic heterocycles. The average molecular weight is 364 g/mol.